The van der Waals surface area contributed by atoms with E-state index in [2.05, 4.69) is 15.3 Å². The predicted octanol–water partition coefficient (Wildman–Crippen LogP) is 5.93. The van der Waals surface area contributed by atoms with E-state index in [0.29, 0.717) is 0 Å². The molecule has 5 nitrogen and oxygen atoms in total. The molecule has 0 aliphatic rings. The first-order valence-electron chi connectivity index (χ1n) is 8.05. The number of azo groups is 1. The Labute approximate surface area is 159 Å². The van der Waals surface area contributed by atoms with Crippen LogP contribution in [0, 0.1) is 6.92 Å². The fourth-order valence-electron chi connectivity index (χ4n) is 2.51. The molecule has 11 heteroatoms. The summed E-state index contributed by atoms with van der Waals surface area (Å²) in [4.78, 5) is 12.5. The Morgan fingerprint density at radius 1 is 0.862 bits per heavy atom. The lowest BCUT2D eigenvalue weighted by molar-refractivity contribution is -0.138. The maximum absolute atomic E-state index is 12.9. The van der Waals surface area contributed by atoms with E-state index < -0.39 is 29.0 Å². The van der Waals surface area contributed by atoms with Crippen molar-refractivity contribution in [3.8, 4) is 5.69 Å². The van der Waals surface area contributed by atoms with Gasteiger partial charge in [0.1, 0.15) is 0 Å². The Hall–Kier alpha value is -3.37. The van der Waals surface area contributed by atoms with Crippen LogP contribution in [0.15, 0.2) is 63.6 Å². The van der Waals surface area contributed by atoms with Crippen molar-refractivity contribution < 1.29 is 26.3 Å². The van der Waals surface area contributed by atoms with Gasteiger partial charge in [-0.15, -0.1) is 5.11 Å². The summed E-state index contributed by atoms with van der Waals surface area (Å²) in [6.07, 6.45) is -9.15. The minimum atomic E-state index is -4.59. The lowest BCUT2D eigenvalue weighted by atomic mass is 10.2. The van der Waals surface area contributed by atoms with Crippen molar-refractivity contribution in [2.45, 2.75) is 19.3 Å². The number of hydrogen-bond donors (Lipinski definition) is 1. The Bertz CT molecular complexity index is 1120. The Kier molecular flexibility index (Phi) is 5.07. The number of nitrogens with zero attached hydrogens (tertiary/aromatic N) is 3. The fraction of sp³-hybridized carbons (Fsp3) is 0.167. The van der Waals surface area contributed by atoms with Gasteiger partial charge in [0.15, 0.2) is 5.69 Å². The third kappa shape index (κ3) is 4.39. The van der Waals surface area contributed by atoms with E-state index in [4.69, 9.17) is 0 Å². The number of alkyl halides is 6. The summed E-state index contributed by atoms with van der Waals surface area (Å²) in [5, 5.41) is 9.92. The molecule has 0 aliphatic carbocycles. The molecule has 0 fully saturated rings. The predicted molar refractivity (Wildman–Crippen MR) is 91.7 cm³/mol. The van der Waals surface area contributed by atoms with Gasteiger partial charge in [-0.25, -0.2) is 4.68 Å². The molecule has 1 aromatic heterocycles. The molecule has 3 aromatic rings. The second-order valence-electron chi connectivity index (χ2n) is 6.02. The number of aromatic amines is 1. The smallest absolute Gasteiger partial charge is 0.293 e. The molecule has 0 saturated heterocycles. The second kappa shape index (κ2) is 7.22. The van der Waals surface area contributed by atoms with Crippen molar-refractivity contribution in [3.05, 3.63) is 75.7 Å². The van der Waals surface area contributed by atoms with Crippen molar-refractivity contribution in [2.75, 3.05) is 0 Å². The molecule has 2 aromatic carbocycles. The maximum Gasteiger partial charge on any atom is 0.416 e. The Morgan fingerprint density at radius 2 is 1.45 bits per heavy atom. The third-order valence-electron chi connectivity index (χ3n) is 3.91. The summed E-state index contributed by atoms with van der Waals surface area (Å²) in [6.45, 7) is 1.44. The second-order valence-corrected chi connectivity index (χ2v) is 6.02. The average Bonchev–Trinajstić information content (AvgIpc) is 2.93. The summed E-state index contributed by atoms with van der Waals surface area (Å²) in [5.74, 6) is 0. The van der Waals surface area contributed by atoms with Crippen LogP contribution in [-0.4, -0.2) is 9.78 Å². The van der Waals surface area contributed by atoms with Gasteiger partial charge in [0.05, 0.1) is 28.2 Å². The fourth-order valence-corrected chi connectivity index (χ4v) is 2.51. The van der Waals surface area contributed by atoms with Crippen molar-refractivity contribution >= 4 is 11.4 Å². The first-order chi connectivity index (χ1) is 13.5. The van der Waals surface area contributed by atoms with Gasteiger partial charge in [-0.2, -0.15) is 31.5 Å². The normalized spacial score (nSPS) is 12.7. The first-order valence-corrected chi connectivity index (χ1v) is 8.05. The zero-order valence-corrected chi connectivity index (χ0v) is 14.6. The maximum atomic E-state index is 12.9. The third-order valence-corrected chi connectivity index (χ3v) is 3.91. The molecule has 0 radical (unpaired) electrons. The van der Waals surface area contributed by atoms with E-state index >= 15 is 0 Å². The van der Waals surface area contributed by atoms with Gasteiger partial charge in [-0.3, -0.25) is 9.89 Å². The summed E-state index contributed by atoms with van der Waals surface area (Å²) in [5.41, 5.74) is -2.93. The van der Waals surface area contributed by atoms with Crippen molar-refractivity contribution in [2.24, 2.45) is 10.2 Å². The monoisotopic (exact) mass is 414 g/mol. The van der Waals surface area contributed by atoms with Crippen LogP contribution in [0.4, 0.5) is 37.7 Å². The van der Waals surface area contributed by atoms with Crippen LogP contribution < -0.4 is 5.56 Å². The number of hydrogen-bond acceptors (Lipinski definition) is 3. The van der Waals surface area contributed by atoms with Crippen LogP contribution in [0.5, 0.6) is 0 Å². The van der Waals surface area contributed by atoms with Crippen LogP contribution in [0.3, 0.4) is 0 Å². The molecule has 0 saturated carbocycles. The molecule has 0 unspecified atom stereocenters. The van der Waals surface area contributed by atoms with Gasteiger partial charge < -0.3 is 0 Å². The first kappa shape index (κ1) is 20.4. The summed E-state index contributed by atoms with van der Waals surface area (Å²) < 4.78 is 77.8. The highest BCUT2D eigenvalue weighted by Crippen LogP contribution is 2.32. The van der Waals surface area contributed by atoms with Crippen molar-refractivity contribution in [3.63, 3.8) is 0 Å². The highest BCUT2D eigenvalue weighted by Gasteiger charge is 2.31. The minimum Gasteiger partial charge on any atom is -0.293 e. The number of rotatable bonds is 3. The molecule has 3 rings (SSSR count). The standard InChI is InChI=1S/C18H12F6N4O/c1-10-15(26-25-13-6-2-4-11(8-13)17(19,20)21)16(29)28(27-10)14-7-3-5-12(9-14)18(22,23)24/h2-9,27H,1H3. The molecule has 1 heterocycles. The van der Waals surface area contributed by atoms with Gasteiger partial charge in [-0.1, -0.05) is 12.1 Å². The van der Waals surface area contributed by atoms with Gasteiger partial charge in [0.25, 0.3) is 5.56 Å². The highest BCUT2D eigenvalue weighted by atomic mass is 19.4. The number of H-pyrrole nitrogens is 1. The summed E-state index contributed by atoms with van der Waals surface area (Å²) in [7, 11) is 0. The molecule has 0 atom stereocenters. The number of nitrogens with one attached hydrogen (secondary N) is 1. The van der Waals surface area contributed by atoms with E-state index in [1.165, 1.54) is 19.1 Å². The lowest BCUT2D eigenvalue weighted by Gasteiger charge is -2.08. The van der Waals surface area contributed by atoms with Crippen LogP contribution in [0.25, 0.3) is 5.69 Å². The van der Waals surface area contributed by atoms with Crippen LogP contribution in [-0.2, 0) is 12.4 Å². The summed E-state index contributed by atoms with van der Waals surface area (Å²) >= 11 is 0. The van der Waals surface area contributed by atoms with E-state index in [0.717, 1.165) is 41.1 Å². The Balaban J connectivity index is 1.97. The van der Waals surface area contributed by atoms with E-state index in [-0.39, 0.29) is 22.8 Å². The van der Waals surface area contributed by atoms with Crippen LogP contribution >= 0.6 is 0 Å². The SMILES string of the molecule is Cc1[nH]n(-c2cccc(C(F)(F)F)c2)c(=O)c1N=Nc1cccc(C(F)(F)F)c1. The largest absolute Gasteiger partial charge is 0.416 e. The molecule has 152 valence electrons. The Morgan fingerprint density at radius 3 is 2.07 bits per heavy atom. The zero-order valence-electron chi connectivity index (χ0n) is 14.6. The molecule has 0 amide bonds. The topological polar surface area (TPSA) is 62.5 Å². The van der Waals surface area contributed by atoms with Gasteiger partial charge >= 0.3 is 12.4 Å². The van der Waals surface area contributed by atoms with Crippen LogP contribution in [0.2, 0.25) is 0 Å². The van der Waals surface area contributed by atoms with Gasteiger partial charge in [-0.05, 0) is 43.3 Å². The molecular weight excluding hydrogens is 402 g/mol. The molecule has 1 N–H and O–H groups in total. The van der Waals surface area contributed by atoms with E-state index in [1.807, 2.05) is 0 Å². The number of halogens is 6. The number of aryl methyl sites for hydroxylation is 1. The quantitative estimate of drug-likeness (QED) is 0.419. The molecule has 0 bridgehead atoms. The van der Waals surface area contributed by atoms with Gasteiger partial charge in [0.2, 0.25) is 0 Å². The van der Waals surface area contributed by atoms with Crippen LogP contribution in [0.1, 0.15) is 16.8 Å². The molecule has 0 spiro atoms. The van der Waals surface area contributed by atoms with Crippen molar-refractivity contribution in [1.29, 1.82) is 0 Å². The number of benzene rings is 2. The van der Waals surface area contributed by atoms with E-state index in [1.54, 1.807) is 0 Å². The average molecular weight is 414 g/mol. The molecule has 29 heavy (non-hydrogen) atoms. The lowest BCUT2D eigenvalue weighted by Crippen LogP contribution is -2.15. The summed E-state index contributed by atoms with van der Waals surface area (Å²) in [6, 6.07) is 8.11. The van der Waals surface area contributed by atoms with E-state index in [9.17, 15) is 31.1 Å². The molecular formula is C18H12F6N4O. The zero-order chi connectivity index (χ0) is 21.4. The number of aromatic nitrogens is 2. The highest BCUT2D eigenvalue weighted by molar-refractivity contribution is 5.46. The van der Waals surface area contributed by atoms with Gasteiger partial charge in [0, 0.05) is 0 Å². The van der Waals surface area contributed by atoms with Crippen molar-refractivity contribution in [1.82, 2.24) is 9.78 Å². The molecule has 0 aliphatic heterocycles. The minimum absolute atomic E-state index is 0.0755.